The summed E-state index contributed by atoms with van der Waals surface area (Å²) in [5, 5.41) is 9.10. The van der Waals surface area contributed by atoms with Crippen LogP contribution in [0.4, 0.5) is 5.69 Å². The molecule has 1 heterocycles. The number of aryl methyl sites for hydroxylation is 1. The van der Waals surface area contributed by atoms with Gasteiger partial charge in [0.1, 0.15) is 0 Å². The van der Waals surface area contributed by atoms with E-state index < -0.39 is 0 Å². The molecule has 24 heavy (non-hydrogen) atoms. The van der Waals surface area contributed by atoms with Crippen molar-refractivity contribution < 1.29 is 9.59 Å². The highest BCUT2D eigenvalue weighted by atomic mass is 35.5. The summed E-state index contributed by atoms with van der Waals surface area (Å²) >= 11 is 0. The van der Waals surface area contributed by atoms with E-state index in [4.69, 9.17) is 0 Å². The zero-order valence-electron chi connectivity index (χ0n) is 14.6. The molecule has 0 radical (unpaired) electrons. The summed E-state index contributed by atoms with van der Waals surface area (Å²) in [7, 11) is 0. The van der Waals surface area contributed by atoms with Crippen LogP contribution in [-0.4, -0.2) is 30.9 Å². The Balaban J connectivity index is 0.00000288. The van der Waals surface area contributed by atoms with Crippen molar-refractivity contribution in [3.8, 4) is 0 Å². The van der Waals surface area contributed by atoms with E-state index in [2.05, 4.69) is 29.8 Å². The van der Waals surface area contributed by atoms with Crippen LogP contribution in [0.5, 0.6) is 0 Å². The second-order valence-corrected chi connectivity index (χ2v) is 6.63. The van der Waals surface area contributed by atoms with Crippen molar-refractivity contribution in [2.24, 2.45) is 5.92 Å². The van der Waals surface area contributed by atoms with Crippen LogP contribution in [0.15, 0.2) is 18.2 Å². The van der Waals surface area contributed by atoms with Gasteiger partial charge in [-0.25, -0.2) is 0 Å². The maximum Gasteiger partial charge on any atom is 0.251 e. The minimum absolute atomic E-state index is 0. The van der Waals surface area contributed by atoms with E-state index in [1.807, 2.05) is 13.0 Å². The van der Waals surface area contributed by atoms with Gasteiger partial charge in [0.05, 0.1) is 6.04 Å². The molecule has 1 fully saturated rings. The summed E-state index contributed by atoms with van der Waals surface area (Å²) < 4.78 is 0. The summed E-state index contributed by atoms with van der Waals surface area (Å²) in [4.78, 5) is 24.3. The number of benzene rings is 1. The number of carbonyl (C=O) groups is 2. The summed E-state index contributed by atoms with van der Waals surface area (Å²) in [5.74, 6) is 0.347. The van der Waals surface area contributed by atoms with Crippen molar-refractivity contribution >= 4 is 29.9 Å². The summed E-state index contributed by atoms with van der Waals surface area (Å²) in [6.45, 7) is 7.58. The number of hydrogen-bond acceptors (Lipinski definition) is 3. The van der Waals surface area contributed by atoms with Crippen LogP contribution >= 0.6 is 12.4 Å². The molecule has 6 heteroatoms. The number of anilines is 1. The lowest BCUT2D eigenvalue weighted by molar-refractivity contribution is -0.118. The summed E-state index contributed by atoms with van der Waals surface area (Å²) in [5.41, 5.74) is 2.28. The molecule has 1 saturated heterocycles. The second-order valence-electron chi connectivity index (χ2n) is 6.63. The Morgan fingerprint density at radius 1 is 1.29 bits per heavy atom. The Bertz CT molecular complexity index is 569. The molecule has 2 rings (SSSR count). The molecular formula is C18H28ClN3O2. The van der Waals surface area contributed by atoms with Crippen LogP contribution in [0, 0.1) is 12.8 Å². The summed E-state index contributed by atoms with van der Waals surface area (Å²) in [6, 6.07) is 5.27. The zero-order valence-corrected chi connectivity index (χ0v) is 15.5. The second kappa shape index (κ2) is 9.64. The van der Waals surface area contributed by atoms with E-state index in [0.29, 0.717) is 18.0 Å². The quantitative estimate of drug-likeness (QED) is 0.762. The Morgan fingerprint density at radius 3 is 2.62 bits per heavy atom. The van der Waals surface area contributed by atoms with Crippen LogP contribution in [0.3, 0.4) is 0 Å². The number of halogens is 1. The molecule has 134 valence electrons. The third-order valence-electron chi connectivity index (χ3n) is 4.04. The van der Waals surface area contributed by atoms with Gasteiger partial charge in [-0.05, 0) is 56.0 Å². The molecule has 1 aliphatic rings. The predicted octanol–water partition coefficient (Wildman–Crippen LogP) is 2.88. The first kappa shape index (κ1) is 20.5. The first-order chi connectivity index (χ1) is 11.0. The molecule has 3 N–H and O–H groups in total. The highest BCUT2D eigenvalue weighted by Gasteiger charge is 2.21. The smallest absolute Gasteiger partial charge is 0.251 e. The average molecular weight is 354 g/mol. The number of amides is 2. The number of piperidine rings is 1. The molecule has 0 aliphatic carbocycles. The molecule has 1 aromatic rings. The van der Waals surface area contributed by atoms with Gasteiger partial charge in [0.15, 0.2) is 0 Å². The lowest BCUT2D eigenvalue weighted by Gasteiger charge is -2.23. The zero-order chi connectivity index (χ0) is 16.8. The lowest BCUT2D eigenvalue weighted by Crippen LogP contribution is -2.43. The molecule has 2 amide bonds. The van der Waals surface area contributed by atoms with Gasteiger partial charge in [-0.1, -0.05) is 20.3 Å². The minimum Gasteiger partial charge on any atom is -0.352 e. The van der Waals surface area contributed by atoms with Crippen LogP contribution in [0.1, 0.15) is 49.0 Å². The Labute approximate surface area is 150 Å². The van der Waals surface area contributed by atoms with Gasteiger partial charge in [0, 0.05) is 17.8 Å². The normalized spacial score (nSPS) is 17.1. The largest absolute Gasteiger partial charge is 0.352 e. The van der Waals surface area contributed by atoms with Crippen molar-refractivity contribution in [1.82, 2.24) is 10.6 Å². The van der Waals surface area contributed by atoms with Crippen molar-refractivity contribution in [3.05, 3.63) is 29.3 Å². The molecule has 0 spiro atoms. The van der Waals surface area contributed by atoms with E-state index in [1.165, 1.54) is 0 Å². The summed E-state index contributed by atoms with van der Waals surface area (Å²) in [6.07, 6.45) is 3.09. The monoisotopic (exact) mass is 353 g/mol. The van der Waals surface area contributed by atoms with Crippen molar-refractivity contribution in [3.63, 3.8) is 0 Å². The van der Waals surface area contributed by atoms with Gasteiger partial charge in [-0.15, -0.1) is 12.4 Å². The Kier molecular flexibility index (Phi) is 8.22. The molecule has 0 bridgehead atoms. The van der Waals surface area contributed by atoms with Gasteiger partial charge < -0.3 is 16.0 Å². The van der Waals surface area contributed by atoms with Gasteiger partial charge in [0.25, 0.3) is 5.91 Å². The van der Waals surface area contributed by atoms with Gasteiger partial charge in [0.2, 0.25) is 5.91 Å². The Morgan fingerprint density at radius 2 is 2.04 bits per heavy atom. The maximum atomic E-state index is 12.3. The molecule has 1 aliphatic heterocycles. The molecule has 1 aromatic carbocycles. The molecule has 5 nitrogen and oxygen atoms in total. The third-order valence-corrected chi connectivity index (χ3v) is 4.04. The Hall–Kier alpha value is -1.59. The SMILES string of the molecule is Cc1cc(C(=O)NCC(C)C)ccc1NC(=O)C1CCCCN1.Cl. The van der Waals surface area contributed by atoms with E-state index in [0.717, 1.165) is 37.1 Å². The predicted molar refractivity (Wildman–Crippen MR) is 99.9 cm³/mol. The topological polar surface area (TPSA) is 70.2 Å². The van der Waals surface area contributed by atoms with Crippen LogP contribution in [0.25, 0.3) is 0 Å². The van der Waals surface area contributed by atoms with E-state index in [1.54, 1.807) is 12.1 Å². The van der Waals surface area contributed by atoms with Gasteiger partial charge in [-0.3, -0.25) is 9.59 Å². The van der Waals surface area contributed by atoms with Crippen LogP contribution < -0.4 is 16.0 Å². The molecular weight excluding hydrogens is 326 g/mol. The van der Waals surface area contributed by atoms with Crippen LogP contribution in [-0.2, 0) is 4.79 Å². The van der Waals surface area contributed by atoms with Crippen molar-refractivity contribution in [2.75, 3.05) is 18.4 Å². The molecule has 0 saturated carbocycles. The van der Waals surface area contributed by atoms with Crippen molar-refractivity contribution in [1.29, 1.82) is 0 Å². The first-order valence-corrected chi connectivity index (χ1v) is 8.40. The van der Waals surface area contributed by atoms with Crippen LogP contribution in [0.2, 0.25) is 0 Å². The molecule has 1 atom stereocenters. The standard InChI is InChI=1S/C18H27N3O2.ClH/c1-12(2)11-20-17(22)14-7-8-15(13(3)10-14)21-18(23)16-6-4-5-9-19-16;/h7-8,10,12,16,19H,4-6,9,11H2,1-3H3,(H,20,22)(H,21,23);1H. The maximum absolute atomic E-state index is 12.3. The number of nitrogens with one attached hydrogen (secondary N) is 3. The van der Waals surface area contributed by atoms with E-state index in [9.17, 15) is 9.59 Å². The number of hydrogen-bond donors (Lipinski definition) is 3. The van der Waals surface area contributed by atoms with Gasteiger partial charge in [-0.2, -0.15) is 0 Å². The average Bonchev–Trinajstić information content (AvgIpc) is 2.55. The highest BCUT2D eigenvalue weighted by molar-refractivity contribution is 5.98. The number of carbonyl (C=O) groups excluding carboxylic acids is 2. The minimum atomic E-state index is -0.114. The fourth-order valence-corrected chi connectivity index (χ4v) is 2.64. The fraction of sp³-hybridized carbons (Fsp3) is 0.556. The highest BCUT2D eigenvalue weighted by Crippen LogP contribution is 2.18. The first-order valence-electron chi connectivity index (χ1n) is 8.40. The van der Waals surface area contributed by atoms with Gasteiger partial charge >= 0.3 is 0 Å². The van der Waals surface area contributed by atoms with E-state index >= 15 is 0 Å². The third kappa shape index (κ3) is 5.80. The molecule has 1 unspecified atom stereocenters. The number of rotatable bonds is 5. The van der Waals surface area contributed by atoms with Crippen molar-refractivity contribution in [2.45, 2.75) is 46.1 Å². The fourth-order valence-electron chi connectivity index (χ4n) is 2.64. The molecule has 0 aromatic heterocycles. The van der Waals surface area contributed by atoms with E-state index in [-0.39, 0.29) is 30.3 Å². The lowest BCUT2D eigenvalue weighted by atomic mass is 10.0.